The van der Waals surface area contributed by atoms with Crippen molar-refractivity contribution in [3.63, 3.8) is 0 Å². The molecule has 1 unspecified atom stereocenters. The van der Waals surface area contributed by atoms with Crippen LogP contribution in [0.25, 0.3) is 0 Å². The van der Waals surface area contributed by atoms with Crippen molar-refractivity contribution in [3.8, 4) is 0 Å². The average Bonchev–Trinajstić information content (AvgIpc) is 2.47. The first-order chi connectivity index (χ1) is 10.9. The molecule has 1 aromatic carbocycles. The van der Waals surface area contributed by atoms with Gasteiger partial charge in [0.2, 0.25) is 0 Å². The molecular weight excluding hydrogens is 339 g/mol. The van der Waals surface area contributed by atoms with Gasteiger partial charge in [0.15, 0.2) is 5.79 Å². The molecule has 1 aliphatic carbocycles. The van der Waals surface area contributed by atoms with Crippen LogP contribution < -0.4 is 0 Å². The van der Waals surface area contributed by atoms with Gasteiger partial charge in [-0.1, -0.05) is 35.7 Å². The monoisotopic (exact) mass is 360 g/mol. The quantitative estimate of drug-likeness (QED) is 0.592. The first kappa shape index (κ1) is 18.5. The number of rotatable bonds is 6. The third-order valence-corrected chi connectivity index (χ3v) is 4.63. The van der Waals surface area contributed by atoms with Gasteiger partial charge in [0, 0.05) is 28.5 Å². The van der Waals surface area contributed by atoms with Crippen molar-refractivity contribution in [3.05, 3.63) is 33.8 Å². The van der Waals surface area contributed by atoms with Crippen LogP contribution in [0.15, 0.2) is 18.2 Å². The van der Waals surface area contributed by atoms with Crippen molar-refractivity contribution < 1.29 is 19.4 Å². The van der Waals surface area contributed by atoms with E-state index in [2.05, 4.69) is 0 Å². The van der Waals surface area contributed by atoms with Crippen molar-refractivity contribution >= 4 is 29.2 Å². The standard InChI is InChI=1S/C17H22Cl2O4/c1-2-22-15(20)11-14(16-12(18)7-6-8-13(16)19)23-17(21)9-4-3-5-10-17/h6-8,14,21H,2-5,9-11H2,1H3. The number of benzene rings is 1. The summed E-state index contributed by atoms with van der Waals surface area (Å²) in [4.78, 5) is 11.9. The molecule has 0 aromatic heterocycles. The summed E-state index contributed by atoms with van der Waals surface area (Å²) < 4.78 is 10.9. The summed E-state index contributed by atoms with van der Waals surface area (Å²) in [5.74, 6) is -1.66. The molecule has 1 saturated carbocycles. The molecule has 1 N–H and O–H groups in total. The molecule has 1 atom stereocenters. The molecule has 0 radical (unpaired) electrons. The Morgan fingerprint density at radius 2 is 1.87 bits per heavy atom. The SMILES string of the molecule is CCOC(=O)CC(OC1(O)CCCCC1)c1c(Cl)cccc1Cl. The number of carbonyl (C=O) groups is 1. The number of aliphatic hydroxyl groups is 1. The minimum Gasteiger partial charge on any atom is -0.466 e. The van der Waals surface area contributed by atoms with E-state index in [1.807, 2.05) is 0 Å². The Balaban J connectivity index is 2.26. The van der Waals surface area contributed by atoms with Crippen LogP contribution in [0.2, 0.25) is 10.0 Å². The van der Waals surface area contributed by atoms with E-state index in [-0.39, 0.29) is 13.0 Å². The van der Waals surface area contributed by atoms with Crippen molar-refractivity contribution in [1.29, 1.82) is 0 Å². The van der Waals surface area contributed by atoms with Crippen LogP contribution in [0.5, 0.6) is 0 Å². The van der Waals surface area contributed by atoms with Crippen molar-refractivity contribution in [2.75, 3.05) is 6.61 Å². The second kappa shape index (κ2) is 8.34. The summed E-state index contributed by atoms with van der Waals surface area (Å²) in [7, 11) is 0. The van der Waals surface area contributed by atoms with Gasteiger partial charge in [0.25, 0.3) is 0 Å². The van der Waals surface area contributed by atoms with Gasteiger partial charge in [0.05, 0.1) is 19.1 Å². The zero-order valence-corrected chi connectivity index (χ0v) is 14.7. The first-order valence-corrected chi connectivity index (χ1v) is 8.70. The maximum atomic E-state index is 11.9. The molecule has 1 aliphatic rings. The molecule has 2 rings (SSSR count). The zero-order valence-electron chi connectivity index (χ0n) is 13.2. The summed E-state index contributed by atoms with van der Waals surface area (Å²) in [5.41, 5.74) is 0.517. The van der Waals surface area contributed by atoms with Crippen LogP contribution in [0, 0.1) is 0 Å². The molecule has 0 bridgehead atoms. The molecule has 0 aliphatic heterocycles. The molecule has 0 saturated heterocycles. The van der Waals surface area contributed by atoms with E-state index in [1.54, 1.807) is 25.1 Å². The summed E-state index contributed by atoms with van der Waals surface area (Å²) in [6.45, 7) is 2.02. The van der Waals surface area contributed by atoms with E-state index in [4.69, 9.17) is 32.7 Å². The Morgan fingerprint density at radius 1 is 1.26 bits per heavy atom. The number of carbonyl (C=O) groups excluding carboxylic acids is 1. The fourth-order valence-corrected chi connectivity index (χ4v) is 3.52. The molecule has 4 nitrogen and oxygen atoms in total. The summed E-state index contributed by atoms with van der Waals surface area (Å²) in [6, 6.07) is 5.11. The van der Waals surface area contributed by atoms with Crippen LogP contribution in [0.4, 0.5) is 0 Å². The molecule has 0 spiro atoms. The largest absolute Gasteiger partial charge is 0.466 e. The Labute approximate surface area is 146 Å². The third kappa shape index (κ3) is 5.08. The minimum absolute atomic E-state index is 0.0421. The number of esters is 1. The fourth-order valence-electron chi connectivity index (χ4n) is 2.88. The zero-order chi connectivity index (χ0) is 16.9. The normalized spacial score (nSPS) is 18.4. The highest BCUT2D eigenvalue weighted by Crippen LogP contribution is 2.40. The molecule has 23 heavy (non-hydrogen) atoms. The molecule has 1 fully saturated rings. The van der Waals surface area contributed by atoms with Crippen molar-refractivity contribution in [1.82, 2.24) is 0 Å². The molecule has 128 valence electrons. The van der Waals surface area contributed by atoms with Gasteiger partial charge in [-0.05, 0) is 31.9 Å². The smallest absolute Gasteiger partial charge is 0.308 e. The van der Waals surface area contributed by atoms with Crippen LogP contribution in [-0.4, -0.2) is 23.5 Å². The van der Waals surface area contributed by atoms with Crippen LogP contribution in [0.3, 0.4) is 0 Å². The number of ether oxygens (including phenoxy) is 2. The number of hydrogen-bond acceptors (Lipinski definition) is 4. The van der Waals surface area contributed by atoms with Crippen molar-refractivity contribution in [2.24, 2.45) is 0 Å². The Bertz CT molecular complexity index is 521. The van der Waals surface area contributed by atoms with E-state index in [0.717, 1.165) is 19.3 Å². The third-order valence-electron chi connectivity index (χ3n) is 3.98. The predicted molar refractivity (Wildman–Crippen MR) is 89.6 cm³/mol. The van der Waals surface area contributed by atoms with Gasteiger partial charge in [-0.3, -0.25) is 4.79 Å². The van der Waals surface area contributed by atoms with Gasteiger partial charge >= 0.3 is 5.97 Å². The molecular formula is C17H22Cl2O4. The molecule has 0 amide bonds. The number of halogens is 2. The molecule has 1 aromatic rings. The minimum atomic E-state index is -1.25. The lowest BCUT2D eigenvalue weighted by molar-refractivity contribution is -0.248. The average molecular weight is 361 g/mol. The van der Waals surface area contributed by atoms with Gasteiger partial charge in [-0.25, -0.2) is 0 Å². The van der Waals surface area contributed by atoms with Gasteiger partial charge in [-0.2, -0.15) is 0 Å². The van der Waals surface area contributed by atoms with E-state index in [1.165, 1.54) is 0 Å². The van der Waals surface area contributed by atoms with E-state index in [0.29, 0.717) is 28.5 Å². The maximum absolute atomic E-state index is 11.9. The Kier molecular flexibility index (Phi) is 6.72. The summed E-state index contributed by atoms with van der Waals surface area (Å²) in [6.07, 6.45) is 3.14. The van der Waals surface area contributed by atoms with Crippen molar-refractivity contribution in [2.45, 2.75) is 57.3 Å². The fraction of sp³-hybridized carbons (Fsp3) is 0.588. The number of hydrogen-bond donors (Lipinski definition) is 1. The van der Waals surface area contributed by atoms with Gasteiger partial charge in [0.1, 0.15) is 0 Å². The van der Waals surface area contributed by atoms with Crippen LogP contribution in [0.1, 0.15) is 57.1 Å². The second-order valence-electron chi connectivity index (χ2n) is 5.76. The maximum Gasteiger partial charge on any atom is 0.308 e. The Morgan fingerprint density at radius 3 is 2.43 bits per heavy atom. The predicted octanol–water partition coefficient (Wildman–Crippen LogP) is 4.66. The lowest BCUT2D eigenvalue weighted by Crippen LogP contribution is -2.36. The summed E-state index contributed by atoms with van der Waals surface area (Å²) in [5, 5.41) is 11.5. The molecule has 6 heteroatoms. The highest BCUT2D eigenvalue weighted by Gasteiger charge is 2.35. The highest BCUT2D eigenvalue weighted by atomic mass is 35.5. The first-order valence-electron chi connectivity index (χ1n) is 7.95. The summed E-state index contributed by atoms with van der Waals surface area (Å²) >= 11 is 12.5. The van der Waals surface area contributed by atoms with Gasteiger partial charge < -0.3 is 14.6 Å². The van der Waals surface area contributed by atoms with Crippen LogP contribution >= 0.6 is 23.2 Å². The second-order valence-corrected chi connectivity index (χ2v) is 6.57. The molecule has 0 heterocycles. The van der Waals surface area contributed by atoms with E-state index < -0.39 is 17.9 Å². The Hall–Kier alpha value is -0.810. The topological polar surface area (TPSA) is 55.8 Å². The van der Waals surface area contributed by atoms with E-state index in [9.17, 15) is 9.90 Å². The van der Waals surface area contributed by atoms with Gasteiger partial charge in [-0.15, -0.1) is 0 Å². The van der Waals surface area contributed by atoms with Crippen LogP contribution in [-0.2, 0) is 14.3 Å². The highest BCUT2D eigenvalue weighted by molar-refractivity contribution is 6.36. The lowest BCUT2D eigenvalue weighted by atomic mass is 9.93. The lowest BCUT2D eigenvalue weighted by Gasteiger charge is -2.36. The van der Waals surface area contributed by atoms with E-state index >= 15 is 0 Å².